The topological polar surface area (TPSA) is 42.0 Å². The minimum atomic E-state index is -0.131. The van der Waals surface area contributed by atoms with Crippen molar-refractivity contribution in [2.24, 2.45) is 0 Å². The molecule has 0 bridgehead atoms. The minimum absolute atomic E-state index is 0.131. The Morgan fingerprint density at radius 3 is 3.15 bits per heavy atom. The van der Waals surface area contributed by atoms with Gasteiger partial charge in [0.25, 0.3) is 5.91 Å². The third-order valence-electron chi connectivity index (χ3n) is 1.81. The second-order valence-electron chi connectivity index (χ2n) is 2.58. The van der Waals surface area contributed by atoms with E-state index < -0.39 is 0 Å². The van der Waals surface area contributed by atoms with E-state index in [1.54, 1.807) is 13.2 Å². The predicted octanol–water partition coefficient (Wildman–Crippen LogP) is 1.66. The number of hydrogen-bond donors (Lipinski definition) is 1. The number of fused-ring (bicyclic) bond motifs is 1. The summed E-state index contributed by atoms with van der Waals surface area (Å²) in [5, 5.41) is 5.59. The normalized spacial score (nSPS) is 10.2. The van der Waals surface area contributed by atoms with Gasteiger partial charge in [-0.05, 0) is 22.9 Å². The largest absolute Gasteiger partial charge is 0.354 e. The number of thiophene rings is 1. The van der Waals surface area contributed by atoms with E-state index in [1.165, 1.54) is 11.3 Å². The van der Waals surface area contributed by atoms with Gasteiger partial charge >= 0.3 is 0 Å². The second kappa shape index (κ2) is 3.14. The van der Waals surface area contributed by atoms with Gasteiger partial charge in [-0.3, -0.25) is 4.79 Å². The van der Waals surface area contributed by atoms with E-state index in [0.29, 0.717) is 5.69 Å². The summed E-state index contributed by atoms with van der Waals surface area (Å²) in [5.74, 6) is -0.131. The van der Waals surface area contributed by atoms with Crippen LogP contribution in [-0.2, 0) is 0 Å². The lowest BCUT2D eigenvalue weighted by Gasteiger charge is -1.98. The summed E-state index contributed by atoms with van der Waals surface area (Å²) >= 11 is 1.53. The van der Waals surface area contributed by atoms with Crippen LogP contribution in [0.1, 0.15) is 10.5 Å². The van der Waals surface area contributed by atoms with Gasteiger partial charge in [0.1, 0.15) is 5.69 Å². The van der Waals surface area contributed by atoms with E-state index in [1.807, 2.05) is 17.5 Å². The Balaban J connectivity index is 2.67. The highest BCUT2D eigenvalue weighted by molar-refractivity contribution is 7.17. The summed E-state index contributed by atoms with van der Waals surface area (Å²) in [4.78, 5) is 15.4. The molecule has 13 heavy (non-hydrogen) atoms. The van der Waals surface area contributed by atoms with Crippen molar-refractivity contribution in [3.8, 4) is 0 Å². The van der Waals surface area contributed by atoms with Crippen LogP contribution in [0.3, 0.4) is 0 Å². The summed E-state index contributed by atoms with van der Waals surface area (Å²) < 4.78 is 0.946. The zero-order valence-corrected chi connectivity index (χ0v) is 7.89. The van der Waals surface area contributed by atoms with Gasteiger partial charge in [-0.15, -0.1) is 11.3 Å². The molecule has 0 unspecified atom stereocenters. The van der Waals surface area contributed by atoms with Crippen molar-refractivity contribution in [2.75, 3.05) is 7.05 Å². The Bertz CT molecular complexity index is 450. The maximum atomic E-state index is 11.4. The number of aromatic nitrogens is 1. The molecule has 2 aromatic heterocycles. The first-order valence-corrected chi connectivity index (χ1v) is 4.75. The van der Waals surface area contributed by atoms with Gasteiger partial charge in [0.15, 0.2) is 0 Å². The van der Waals surface area contributed by atoms with E-state index in [2.05, 4.69) is 10.3 Å². The van der Waals surface area contributed by atoms with Crippen LogP contribution in [0.2, 0.25) is 0 Å². The maximum Gasteiger partial charge on any atom is 0.271 e. The summed E-state index contributed by atoms with van der Waals surface area (Å²) in [6.07, 6.45) is 1.65. The fourth-order valence-electron chi connectivity index (χ4n) is 1.17. The summed E-state index contributed by atoms with van der Waals surface area (Å²) in [6, 6.07) is 3.88. The lowest BCUT2D eigenvalue weighted by Crippen LogP contribution is -2.19. The number of carbonyl (C=O) groups is 1. The van der Waals surface area contributed by atoms with Crippen molar-refractivity contribution in [3.63, 3.8) is 0 Å². The number of pyridine rings is 1. The molecule has 0 fully saturated rings. The van der Waals surface area contributed by atoms with Crippen molar-refractivity contribution >= 4 is 27.3 Å². The molecule has 0 saturated carbocycles. The smallest absolute Gasteiger partial charge is 0.271 e. The van der Waals surface area contributed by atoms with Crippen LogP contribution in [0.25, 0.3) is 10.1 Å². The van der Waals surface area contributed by atoms with Gasteiger partial charge in [-0.2, -0.15) is 0 Å². The van der Waals surface area contributed by atoms with Crippen molar-refractivity contribution in [3.05, 3.63) is 29.4 Å². The Kier molecular flexibility index (Phi) is 1.98. The summed E-state index contributed by atoms with van der Waals surface area (Å²) in [6.45, 7) is 0. The van der Waals surface area contributed by atoms with E-state index in [4.69, 9.17) is 0 Å². The molecule has 0 aliphatic carbocycles. The molecule has 0 atom stereocenters. The highest BCUT2D eigenvalue weighted by Crippen LogP contribution is 2.22. The van der Waals surface area contributed by atoms with E-state index >= 15 is 0 Å². The third-order valence-corrected chi connectivity index (χ3v) is 2.75. The van der Waals surface area contributed by atoms with Crippen LogP contribution >= 0.6 is 11.3 Å². The number of carbonyl (C=O) groups excluding carboxylic acids is 1. The molecule has 2 aromatic rings. The first kappa shape index (κ1) is 8.19. The van der Waals surface area contributed by atoms with Crippen LogP contribution in [0.4, 0.5) is 0 Å². The van der Waals surface area contributed by atoms with Crippen molar-refractivity contribution in [2.45, 2.75) is 0 Å². The van der Waals surface area contributed by atoms with Gasteiger partial charge in [0, 0.05) is 13.2 Å². The second-order valence-corrected chi connectivity index (χ2v) is 3.49. The van der Waals surface area contributed by atoms with Crippen molar-refractivity contribution < 1.29 is 4.79 Å². The zero-order valence-electron chi connectivity index (χ0n) is 7.07. The molecule has 0 aromatic carbocycles. The SMILES string of the molecule is CNC(=O)c1nccc2ccsc12. The highest BCUT2D eigenvalue weighted by Gasteiger charge is 2.09. The molecule has 2 heterocycles. The molecule has 0 radical (unpaired) electrons. The van der Waals surface area contributed by atoms with E-state index in [0.717, 1.165) is 10.1 Å². The first-order chi connectivity index (χ1) is 6.33. The van der Waals surface area contributed by atoms with Crippen molar-refractivity contribution in [1.82, 2.24) is 10.3 Å². The Hall–Kier alpha value is -1.42. The fraction of sp³-hybridized carbons (Fsp3) is 0.111. The molecular formula is C9H8N2OS. The molecule has 4 heteroatoms. The molecule has 0 aliphatic heterocycles. The molecule has 1 N–H and O–H groups in total. The van der Waals surface area contributed by atoms with Gasteiger partial charge in [-0.25, -0.2) is 4.98 Å². The van der Waals surface area contributed by atoms with Gasteiger partial charge in [-0.1, -0.05) is 0 Å². The quantitative estimate of drug-likeness (QED) is 0.746. The molecule has 1 amide bonds. The number of nitrogens with zero attached hydrogens (tertiary/aromatic N) is 1. The summed E-state index contributed by atoms with van der Waals surface area (Å²) in [5.41, 5.74) is 0.509. The fourth-order valence-corrected chi connectivity index (χ4v) is 2.05. The van der Waals surface area contributed by atoms with Crippen LogP contribution < -0.4 is 5.32 Å². The predicted molar refractivity (Wildman–Crippen MR) is 53.0 cm³/mol. The van der Waals surface area contributed by atoms with Gasteiger partial charge in [0.2, 0.25) is 0 Å². The van der Waals surface area contributed by atoms with Crippen LogP contribution in [0, 0.1) is 0 Å². The number of nitrogens with one attached hydrogen (secondary N) is 1. The monoisotopic (exact) mass is 192 g/mol. The maximum absolute atomic E-state index is 11.4. The van der Waals surface area contributed by atoms with Gasteiger partial charge < -0.3 is 5.32 Å². The average Bonchev–Trinajstić information content (AvgIpc) is 2.63. The highest BCUT2D eigenvalue weighted by atomic mass is 32.1. The van der Waals surface area contributed by atoms with Crippen molar-refractivity contribution in [1.29, 1.82) is 0 Å². The standard InChI is InChI=1S/C9H8N2OS/c1-10-9(12)7-8-6(2-4-11-7)3-5-13-8/h2-5H,1H3,(H,10,12). The molecule has 0 saturated heterocycles. The Labute approximate surface area is 79.4 Å². The van der Waals surface area contributed by atoms with Crippen LogP contribution in [-0.4, -0.2) is 17.9 Å². The van der Waals surface area contributed by atoms with Gasteiger partial charge in [0.05, 0.1) is 4.70 Å². The molecule has 0 spiro atoms. The average molecular weight is 192 g/mol. The zero-order chi connectivity index (χ0) is 9.26. The summed E-state index contributed by atoms with van der Waals surface area (Å²) in [7, 11) is 1.61. The third kappa shape index (κ3) is 1.29. The molecule has 0 aliphatic rings. The van der Waals surface area contributed by atoms with E-state index in [-0.39, 0.29) is 5.91 Å². The Morgan fingerprint density at radius 1 is 1.54 bits per heavy atom. The minimum Gasteiger partial charge on any atom is -0.354 e. The van der Waals surface area contributed by atoms with E-state index in [9.17, 15) is 4.79 Å². The number of amides is 1. The van der Waals surface area contributed by atoms with Crippen LogP contribution in [0.5, 0.6) is 0 Å². The number of rotatable bonds is 1. The van der Waals surface area contributed by atoms with Crippen LogP contribution in [0.15, 0.2) is 23.7 Å². The number of hydrogen-bond acceptors (Lipinski definition) is 3. The molecule has 2 rings (SSSR count). The molecule has 3 nitrogen and oxygen atoms in total. The Morgan fingerprint density at radius 2 is 2.38 bits per heavy atom. The molecule has 66 valence electrons. The first-order valence-electron chi connectivity index (χ1n) is 3.87. The lowest BCUT2D eigenvalue weighted by molar-refractivity contribution is 0.0960. The molecular weight excluding hydrogens is 184 g/mol. The lowest BCUT2D eigenvalue weighted by atomic mass is 10.2.